The zero-order valence-electron chi connectivity index (χ0n) is 10.1. The SMILES string of the molecule is CCOC(=O)[C@@H]1CCCN(Cc2ccno2)C1. The van der Waals surface area contributed by atoms with Crippen molar-refractivity contribution in [3.8, 4) is 0 Å². The van der Waals surface area contributed by atoms with Crippen LogP contribution in [0.4, 0.5) is 0 Å². The Morgan fingerprint density at radius 1 is 1.71 bits per heavy atom. The number of hydrogen-bond donors (Lipinski definition) is 0. The molecule has 1 atom stereocenters. The Hall–Kier alpha value is -1.36. The molecule has 0 unspecified atom stereocenters. The topological polar surface area (TPSA) is 55.6 Å². The van der Waals surface area contributed by atoms with Gasteiger partial charge in [0.1, 0.15) is 0 Å². The van der Waals surface area contributed by atoms with Gasteiger partial charge in [0.05, 0.1) is 25.3 Å². The predicted molar refractivity (Wildman–Crippen MR) is 61.1 cm³/mol. The van der Waals surface area contributed by atoms with E-state index in [1.807, 2.05) is 13.0 Å². The van der Waals surface area contributed by atoms with Crippen molar-refractivity contribution in [3.63, 3.8) is 0 Å². The highest BCUT2D eigenvalue weighted by atomic mass is 16.5. The second-order valence-corrected chi connectivity index (χ2v) is 4.31. The van der Waals surface area contributed by atoms with Gasteiger partial charge < -0.3 is 9.26 Å². The third-order valence-electron chi connectivity index (χ3n) is 3.00. The zero-order valence-corrected chi connectivity index (χ0v) is 10.1. The van der Waals surface area contributed by atoms with Crippen LogP contribution >= 0.6 is 0 Å². The summed E-state index contributed by atoms with van der Waals surface area (Å²) in [6.07, 6.45) is 3.59. The molecule has 5 nitrogen and oxygen atoms in total. The van der Waals surface area contributed by atoms with Crippen LogP contribution in [0.2, 0.25) is 0 Å². The minimum absolute atomic E-state index is 0.00613. The first-order valence-electron chi connectivity index (χ1n) is 6.08. The summed E-state index contributed by atoms with van der Waals surface area (Å²) in [5, 5.41) is 3.68. The quantitative estimate of drug-likeness (QED) is 0.743. The standard InChI is InChI=1S/C12H18N2O3/c1-2-16-12(15)10-4-3-7-14(8-10)9-11-5-6-13-17-11/h5-6,10H,2-4,7-9H2,1H3/t10-/m1/s1. The molecule has 1 aliphatic rings. The molecule has 17 heavy (non-hydrogen) atoms. The summed E-state index contributed by atoms with van der Waals surface area (Å²) < 4.78 is 10.1. The van der Waals surface area contributed by atoms with Crippen LogP contribution in [0.3, 0.4) is 0 Å². The Labute approximate surface area is 101 Å². The average Bonchev–Trinajstić information content (AvgIpc) is 2.82. The zero-order chi connectivity index (χ0) is 12.1. The van der Waals surface area contributed by atoms with E-state index >= 15 is 0 Å². The van der Waals surface area contributed by atoms with Gasteiger partial charge in [-0.25, -0.2) is 0 Å². The second kappa shape index (κ2) is 5.82. The van der Waals surface area contributed by atoms with Gasteiger partial charge in [0, 0.05) is 12.6 Å². The number of likely N-dealkylation sites (tertiary alicyclic amines) is 1. The first-order valence-corrected chi connectivity index (χ1v) is 6.08. The van der Waals surface area contributed by atoms with E-state index in [1.54, 1.807) is 6.20 Å². The Balaban J connectivity index is 1.86. The molecule has 2 heterocycles. The highest BCUT2D eigenvalue weighted by molar-refractivity contribution is 5.72. The molecule has 0 radical (unpaired) electrons. The predicted octanol–water partition coefficient (Wildman–Crippen LogP) is 1.45. The fraction of sp³-hybridized carbons (Fsp3) is 0.667. The number of aromatic nitrogens is 1. The average molecular weight is 238 g/mol. The molecule has 2 rings (SSSR count). The van der Waals surface area contributed by atoms with Crippen molar-refractivity contribution in [1.29, 1.82) is 0 Å². The van der Waals surface area contributed by atoms with Crippen LogP contribution in [0.15, 0.2) is 16.8 Å². The van der Waals surface area contributed by atoms with Crippen molar-refractivity contribution >= 4 is 5.97 Å². The van der Waals surface area contributed by atoms with Gasteiger partial charge in [-0.15, -0.1) is 0 Å². The number of piperidine rings is 1. The smallest absolute Gasteiger partial charge is 0.310 e. The first kappa shape index (κ1) is 12.1. The lowest BCUT2D eigenvalue weighted by atomic mass is 9.98. The third kappa shape index (κ3) is 3.30. The molecule has 1 fully saturated rings. The van der Waals surface area contributed by atoms with Crippen molar-refractivity contribution in [2.75, 3.05) is 19.7 Å². The molecule has 94 valence electrons. The number of hydrogen-bond acceptors (Lipinski definition) is 5. The van der Waals surface area contributed by atoms with Crippen molar-refractivity contribution in [2.45, 2.75) is 26.3 Å². The Morgan fingerprint density at radius 2 is 2.59 bits per heavy atom. The lowest BCUT2D eigenvalue weighted by molar-refractivity contribution is -0.150. The van der Waals surface area contributed by atoms with Crippen LogP contribution in [0.25, 0.3) is 0 Å². The molecule has 1 aromatic rings. The molecule has 0 spiro atoms. The van der Waals surface area contributed by atoms with Crippen LogP contribution in [0.5, 0.6) is 0 Å². The number of carbonyl (C=O) groups excluding carboxylic acids is 1. The molecule has 1 saturated heterocycles. The van der Waals surface area contributed by atoms with Crippen molar-refractivity contribution in [1.82, 2.24) is 10.1 Å². The van der Waals surface area contributed by atoms with E-state index in [9.17, 15) is 4.79 Å². The number of rotatable bonds is 4. The van der Waals surface area contributed by atoms with E-state index in [2.05, 4.69) is 10.1 Å². The number of ether oxygens (including phenoxy) is 1. The molecule has 1 aromatic heterocycles. The van der Waals surface area contributed by atoms with E-state index < -0.39 is 0 Å². The lowest BCUT2D eigenvalue weighted by Gasteiger charge is -2.30. The van der Waals surface area contributed by atoms with E-state index in [4.69, 9.17) is 9.26 Å². The minimum atomic E-state index is -0.0743. The van der Waals surface area contributed by atoms with E-state index in [-0.39, 0.29) is 11.9 Å². The third-order valence-corrected chi connectivity index (χ3v) is 3.00. The second-order valence-electron chi connectivity index (χ2n) is 4.31. The van der Waals surface area contributed by atoms with Crippen LogP contribution < -0.4 is 0 Å². The maximum atomic E-state index is 11.7. The molecule has 0 amide bonds. The summed E-state index contributed by atoms with van der Waals surface area (Å²) in [5.74, 6) is 0.774. The van der Waals surface area contributed by atoms with E-state index in [1.165, 1.54) is 0 Å². The Morgan fingerprint density at radius 3 is 3.29 bits per heavy atom. The van der Waals surface area contributed by atoms with Gasteiger partial charge in [-0.3, -0.25) is 9.69 Å². The van der Waals surface area contributed by atoms with Gasteiger partial charge >= 0.3 is 5.97 Å². The number of esters is 1. The maximum Gasteiger partial charge on any atom is 0.310 e. The lowest BCUT2D eigenvalue weighted by Crippen LogP contribution is -2.38. The summed E-state index contributed by atoms with van der Waals surface area (Å²) in [7, 11) is 0. The summed E-state index contributed by atoms with van der Waals surface area (Å²) in [4.78, 5) is 13.9. The van der Waals surface area contributed by atoms with Gasteiger partial charge in [0.15, 0.2) is 5.76 Å². The molecule has 1 aliphatic heterocycles. The molecule has 0 saturated carbocycles. The Bertz CT molecular complexity index is 351. The van der Waals surface area contributed by atoms with Crippen LogP contribution in [0, 0.1) is 5.92 Å². The molecule has 0 bridgehead atoms. The number of carbonyl (C=O) groups is 1. The normalized spacial score (nSPS) is 21.4. The number of nitrogens with zero attached hydrogens (tertiary/aromatic N) is 2. The van der Waals surface area contributed by atoms with Gasteiger partial charge in [-0.1, -0.05) is 5.16 Å². The monoisotopic (exact) mass is 238 g/mol. The fourth-order valence-corrected chi connectivity index (χ4v) is 2.20. The van der Waals surface area contributed by atoms with Crippen LogP contribution in [-0.4, -0.2) is 35.7 Å². The highest BCUT2D eigenvalue weighted by Gasteiger charge is 2.27. The van der Waals surface area contributed by atoms with Gasteiger partial charge in [0.25, 0.3) is 0 Å². The summed E-state index contributed by atoms with van der Waals surface area (Å²) in [6, 6.07) is 1.86. The molecular weight excluding hydrogens is 220 g/mol. The molecule has 0 N–H and O–H groups in total. The first-order chi connectivity index (χ1) is 8.29. The van der Waals surface area contributed by atoms with E-state index in [0.29, 0.717) is 6.61 Å². The Kier molecular flexibility index (Phi) is 4.14. The summed E-state index contributed by atoms with van der Waals surface area (Å²) in [6.45, 7) is 4.76. The van der Waals surface area contributed by atoms with Crippen molar-refractivity contribution in [3.05, 3.63) is 18.0 Å². The van der Waals surface area contributed by atoms with E-state index in [0.717, 1.165) is 38.2 Å². The molecule has 5 heteroatoms. The van der Waals surface area contributed by atoms with Gasteiger partial charge in [0.2, 0.25) is 0 Å². The maximum absolute atomic E-state index is 11.7. The fourth-order valence-electron chi connectivity index (χ4n) is 2.20. The van der Waals surface area contributed by atoms with Crippen molar-refractivity contribution < 1.29 is 14.1 Å². The van der Waals surface area contributed by atoms with Crippen LogP contribution in [0.1, 0.15) is 25.5 Å². The molecule has 0 aromatic carbocycles. The highest BCUT2D eigenvalue weighted by Crippen LogP contribution is 2.19. The van der Waals surface area contributed by atoms with Gasteiger partial charge in [-0.2, -0.15) is 0 Å². The summed E-state index contributed by atoms with van der Waals surface area (Å²) in [5.41, 5.74) is 0. The largest absolute Gasteiger partial charge is 0.466 e. The summed E-state index contributed by atoms with van der Waals surface area (Å²) >= 11 is 0. The molecular formula is C12H18N2O3. The molecule has 0 aliphatic carbocycles. The van der Waals surface area contributed by atoms with Crippen LogP contribution in [-0.2, 0) is 16.1 Å². The van der Waals surface area contributed by atoms with Gasteiger partial charge in [-0.05, 0) is 26.3 Å². The minimum Gasteiger partial charge on any atom is -0.466 e. The van der Waals surface area contributed by atoms with Crippen molar-refractivity contribution in [2.24, 2.45) is 5.92 Å².